The van der Waals surface area contributed by atoms with Gasteiger partial charge in [0.15, 0.2) is 0 Å². The van der Waals surface area contributed by atoms with Gasteiger partial charge in [0, 0.05) is 20.1 Å². The summed E-state index contributed by atoms with van der Waals surface area (Å²) in [4.78, 5) is 24.0. The van der Waals surface area contributed by atoms with Crippen LogP contribution in [0, 0.1) is 5.41 Å². The summed E-state index contributed by atoms with van der Waals surface area (Å²) in [5.74, 6) is -0.845. The number of aliphatic hydroxyl groups is 1. The van der Waals surface area contributed by atoms with Crippen LogP contribution in [-0.4, -0.2) is 53.4 Å². The molecule has 1 unspecified atom stereocenters. The van der Waals surface area contributed by atoms with E-state index in [0.717, 1.165) is 6.42 Å². The Kier molecular flexibility index (Phi) is 4.34. The third kappa shape index (κ3) is 3.33. The molecule has 0 bridgehead atoms. The van der Waals surface area contributed by atoms with Gasteiger partial charge in [-0.05, 0) is 19.8 Å². The molecule has 1 atom stereocenters. The van der Waals surface area contributed by atoms with Crippen LogP contribution in [0.25, 0.3) is 0 Å². The van der Waals surface area contributed by atoms with Crippen molar-refractivity contribution in [2.45, 2.75) is 32.3 Å². The second kappa shape index (κ2) is 5.35. The maximum atomic E-state index is 11.6. The quantitative estimate of drug-likeness (QED) is 0.647. The highest BCUT2D eigenvalue weighted by Gasteiger charge is 2.44. The van der Waals surface area contributed by atoms with E-state index in [1.807, 2.05) is 0 Å². The molecule has 1 aliphatic carbocycles. The molecule has 98 valence electrons. The van der Waals surface area contributed by atoms with Crippen molar-refractivity contribution in [1.82, 2.24) is 10.2 Å². The number of carbonyl (C=O) groups is 2. The van der Waals surface area contributed by atoms with Gasteiger partial charge in [-0.2, -0.15) is 0 Å². The molecule has 0 saturated heterocycles. The van der Waals surface area contributed by atoms with Crippen molar-refractivity contribution in [2.75, 3.05) is 20.1 Å². The second-order valence-corrected chi connectivity index (χ2v) is 4.83. The summed E-state index contributed by atoms with van der Waals surface area (Å²) in [5.41, 5.74) is -0.776. The lowest BCUT2D eigenvalue weighted by molar-refractivity contribution is -0.153. The molecule has 6 nitrogen and oxygen atoms in total. The fourth-order valence-electron chi connectivity index (χ4n) is 1.93. The van der Waals surface area contributed by atoms with Crippen LogP contribution < -0.4 is 5.32 Å². The minimum absolute atomic E-state index is 0.158. The summed E-state index contributed by atoms with van der Waals surface area (Å²) >= 11 is 0. The number of rotatable bonds is 5. The number of likely N-dealkylation sites (N-methyl/N-ethyl adjacent to an activating group) is 1. The summed E-state index contributed by atoms with van der Waals surface area (Å²) in [5, 5.41) is 20.8. The summed E-state index contributed by atoms with van der Waals surface area (Å²) in [7, 11) is 1.57. The van der Waals surface area contributed by atoms with Crippen molar-refractivity contribution in [1.29, 1.82) is 0 Å². The number of nitrogens with zero attached hydrogens (tertiary/aromatic N) is 1. The number of carboxylic acids is 1. The van der Waals surface area contributed by atoms with Gasteiger partial charge in [-0.25, -0.2) is 4.79 Å². The Labute approximate surface area is 101 Å². The molecule has 2 amide bonds. The standard InChI is InChI=1S/C11H20N2O4/c1-8(14)6-13(2)10(17)12-7-11(9(15)16)4-3-5-11/h8,14H,3-7H2,1-2H3,(H,12,17)(H,15,16). The van der Waals surface area contributed by atoms with Gasteiger partial charge < -0.3 is 20.4 Å². The van der Waals surface area contributed by atoms with E-state index in [1.54, 1.807) is 14.0 Å². The Morgan fingerprint density at radius 1 is 1.47 bits per heavy atom. The van der Waals surface area contributed by atoms with Crippen molar-refractivity contribution in [3.63, 3.8) is 0 Å². The first kappa shape index (κ1) is 13.8. The third-order valence-electron chi connectivity index (χ3n) is 3.23. The van der Waals surface area contributed by atoms with Crippen LogP contribution in [0.15, 0.2) is 0 Å². The van der Waals surface area contributed by atoms with Crippen LogP contribution in [-0.2, 0) is 4.79 Å². The number of aliphatic carboxylic acids is 1. The molecule has 1 fully saturated rings. The van der Waals surface area contributed by atoms with E-state index in [0.29, 0.717) is 12.8 Å². The van der Waals surface area contributed by atoms with Crippen LogP contribution >= 0.6 is 0 Å². The average Bonchev–Trinajstić information content (AvgIpc) is 2.13. The highest BCUT2D eigenvalue weighted by Crippen LogP contribution is 2.40. The lowest BCUT2D eigenvalue weighted by Crippen LogP contribution is -2.50. The fourth-order valence-corrected chi connectivity index (χ4v) is 1.93. The van der Waals surface area contributed by atoms with Gasteiger partial charge in [0.25, 0.3) is 0 Å². The van der Waals surface area contributed by atoms with Gasteiger partial charge in [0.1, 0.15) is 0 Å². The first-order valence-electron chi connectivity index (χ1n) is 5.78. The smallest absolute Gasteiger partial charge is 0.317 e. The Balaban J connectivity index is 2.39. The molecule has 0 aliphatic heterocycles. The van der Waals surface area contributed by atoms with Crippen molar-refractivity contribution in [2.24, 2.45) is 5.41 Å². The zero-order valence-electron chi connectivity index (χ0n) is 10.3. The van der Waals surface area contributed by atoms with Crippen LogP contribution in [0.5, 0.6) is 0 Å². The molecule has 0 aromatic heterocycles. The molecule has 3 N–H and O–H groups in total. The van der Waals surface area contributed by atoms with Crippen molar-refractivity contribution < 1.29 is 19.8 Å². The van der Waals surface area contributed by atoms with E-state index in [1.165, 1.54) is 4.90 Å². The Morgan fingerprint density at radius 3 is 2.41 bits per heavy atom. The summed E-state index contributed by atoms with van der Waals surface area (Å²) in [6, 6.07) is -0.349. The number of urea groups is 1. The van der Waals surface area contributed by atoms with E-state index in [9.17, 15) is 9.59 Å². The van der Waals surface area contributed by atoms with Gasteiger partial charge in [-0.3, -0.25) is 4.79 Å². The molecule has 1 aliphatic rings. The Hall–Kier alpha value is -1.30. The molecule has 0 aromatic rings. The van der Waals surface area contributed by atoms with Gasteiger partial charge in [0.2, 0.25) is 0 Å². The molecule has 0 spiro atoms. The van der Waals surface area contributed by atoms with Gasteiger partial charge in [0.05, 0.1) is 11.5 Å². The van der Waals surface area contributed by atoms with E-state index in [-0.39, 0.29) is 19.1 Å². The van der Waals surface area contributed by atoms with Crippen LogP contribution in [0.4, 0.5) is 4.79 Å². The topological polar surface area (TPSA) is 89.9 Å². The number of carboxylic acid groups (broad SMARTS) is 1. The number of hydrogen-bond acceptors (Lipinski definition) is 3. The maximum Gasteiger partial charge on any atom is 0.317 e. The molecule has 0 heterocycles. The number of carbonyl (C=O) groups excluding carboxylic acids is 1. The molecule has 17 heavy (non-hydrogen) atoms. The van der Waals surface area contributed by atoms with Gasteiger partial charge >= 0.3 is 12.0 Å². The summed E-state index contributed by atoms with van der Waals surface area (Å²) in [6.45, 7) is 1.98. The molecular weight excluding hydrogens is 224 g/mol. The molecular formula is C11H20N2O4. The molecule has 1 rings (SSSR count). The zero-order chi connectivity index (χ0) is 13.1. The number of hydrogen-bond donors (Lipinski definition) is 3. The Morgan fingerprint density at radius 2 is 2.06 bits per heavy atom. The van der Waals surface area contributed by atoms with Gasteiger partial charge in [-0.1, -0.05) is 6.42 Å². The highest BCUT2D eigenvalue weighted by molar-refractivity contribution is 5.78. The van der Waals surface area contributed by atoms with Crippen LogP contribution in [0.3, 0.4) is 0 Å². The minimum atomic E-state index is -0.845. The molecule has 0 radical (unpaired) electrons. The predicted molar refractivity (Wildman–Crippen MR) is 61.6 cm³/mol. The highest BCUT2D eigenvalue weighted by atomic mass is 16.4. The van der Waals surface area contributed by atoms with E-state index < -0.39 is 17.5 Å². The predicted octanol–water partition coefficient (Wildman–Crippen LogP) is 0.263. The monoisotopic (exact) mass is 244 g/mol. The fraction of sp³-hybridized carbons (Fsp3) is 0.818. The molecule has 0 aromatic carbocycles. The van der Waals surface area contributed by atoms with Gasteiger partial charge in [-0.15, -0.1) is 0 Å². The average molecular weight is 244 g/mol. The van der Waals surface area contributed by atoms with Crippen molar-refractivity contribution in [3.05, 3.63) is 0 Å². The lowest BCUT2D eigenvalue weighted by atomic mass is 9.69. The number of aliphatic hydroxyl groups excluding tert-OH is 1. The molecule has 6 heteroatoms. The third-order valence-corrected chi connectivity index (χ3v) is 3.23. The summed E-state index contributed by atoms with van der Waals surface area (Å²) in [6.07, 6.45) is 1.53. The normalized spacial score (nSPS) is 19.0. The first-order valence-corrected chi connectivity index (χ1v) is 5.78. The number of nitrogens with one attached hydrogen (secondary N) is 1. The van der Waals surface area contributed by atoms with E-state index in [2.05, 4.69) is 5.32 Å². The minimum Gasteiger partial charge on any atom is -0.481 e. The number of amides is 2. The van der Waals surface area contributed by atoms with Crippen LogP contribution in [0.1, 0.15) is 26.2 Å². The summed E-state index contributed by atoms with van der Waals surface area (Å²) < 4.78 is 0. The first-order chi connectivity index (χ1) is 7.87. The van der Waals surface area contributed by atoms with E-state index >= 15 is 0 Å². The largest absolute Gasteiger partial charge is 0.481 e. The SMILES string of the molecule is CC(O)CN(C)C(=O)NCC1(C(=O)O)CCC1. The van der Waals surface area contributed by atoms with E-state index in [4.69, 9.17) is 10.2 Å². The second-order valence-electron chi connectivity index (χ2n) is 4.83. The Bertz CT molecular complexity index is 300. The lowest BCUT2D eigenvalue weighted by Gasteiger charge is -2.38. The van der Waals surface area contributed by atoms with Crippen molar-refractivity contribution >= 4 is 12.0 Å². The van der Waals surface area contributed by atoms with Crippen LogP contribution in [0.2, 0.25) is 0 Å². The zero-order valence-corrected chi connectivity index (χ0v) is 10.3. The van der Waals surface area contributed by atoms with Crippen molar-refractivity contribution in [3.8, 4) is 0 Å². The maximum absolute atomic E-state index is 11.6. The molecule has 1 saturated carbocycles.